The van der Waals surface area contributed by atoms with Crippen LogP contribution in [0.5, 0.6) is 0 Å². The van der Waals surface area contributed by atoms with Crippen molar-refractivity contribution in [3.63, 3.8) is 0 Å². The Kier molecular flexibility index (Phi) is 2.99. The van der Waals surface area contributed by atoms with Crippen LogP contribution in [0.3, 0.4) is 0 Å². The van der Waals surface area contributed by atoms with Gasteiger partial charge < -0.3 is 4.98 Å². The van der Waals surface area contributed by atoms with Crippen LogP contribution in [0.2, 0.25) is 5.02 Å². The van der Waals surface area contributed by atoms with Crippen LogP contribution in [0, 0.1) is 0 Å². The quantitative estimate of drug-likeness (QED) is 0.914. The van der Waals surface area contributed by atoms with Crippen molar-refractivity contribution in [3.8, 4) is 11.4 Å². The molecule has 1 aliphatic rings. The summed E-state index contributed by atoms with van der Waals surface area (Å²) in [6, 6.07) is 7.01. The lowest BCUT2D eigenvalue weighted by atomic mass is 10.2. The van der Waals surface area contributed by atoms with Gasteiger partial charge in [-0.05, 0) is 47.0 Å². The van der Waals surface area contributed by atoms with Crippen molar-refractivity contribution in [2.75, 3.05) is 0 Å². The number of nitrogens with one attached hydrogen (secondary N) is 1. The van der Waals surface area contributed by atoms with Crippen molar-refractivity contribution in [3.05, 3.63) is 49.8 Å². The molecule has 1 aromatic carbocycles. The van der Waals surface area contributed by atoms with Gasteiger partial charge in [0.1, 0.15) is 5.82 Å². The Morgan fingerprint density at radius 3 is 2.78 bits per heavy atom. The fourth-order valence-corrected chi connectivity index (χ4v) is 2.74. The molecular weight excluding hydrogens is 316 g/mol. The molecule has 0 aliphatic heterocycles. The van der Waals surface area contributed by atoms with E-state index in [-0.39, 0.29) is 5.56 Å². The van der Waals surface area contributed by atoms with Crippen LogP contribution >= 0.6 is 27.5 Å². The summed E-state index contributed by atoms with van der Waals surface area (Å²) >= 11 is 9.34. The molecule has 0 amide bonds. The maximum Gasteiger partial charge on any atom is 0.251 e. The second-order valence-electron chi connectivity index (χ2n) is 4.42. The molecule has 1 aromatic heterocycles. The molecule has 2 aromatic rings. The molecule has 1 aliphatic carbocycles. The standard InChI is InChI=1S/C13H10BrClN2O/c14-10-5-8(15)3-4-9(10)13-16-11(7-1-2-7)6-12(18)17-13/h3-7H,1-2H2,(H,16,17,18). The number of hydrogen-bond donors (Lipinski definition) is 1. The van der Waals surface area contributed by atoms with E-state index in [1.807, 2.05) is 6.07 Å². The van der Waals surface area contributed by atoms with Crippen LogP contribution in [0.15, 0.2) is 33.5 Å². The van der Waals surface area contributed by atoms with Gasteiger partial charge in [-0.15, -0.1) is 0 Å². The fraction of sp³-hybridized carbons (Fsp3) is 0.231. The molecule has 3 nitrogen and oxygen atoms in total. The summed E-state index contributed by atoms with van der Waals surface area (Å²) < 4.78 is 0.825. The summed E-state index contributed by atoms with van der Waals surface area (Å²) in [5.74, 6) is 1.05. The molecule has 0 unspecified atom stereocenters. The van der Waals surface area contributed by atoms with Gasteiger partial charge >= 0.3 is 0 Å². The number of rotatable bonds is 2. The lowest BCUT2D eigenvalue weighted by Crippen LogP contribution is -2.10. The highest BCUT2D eigenvalue weighted by Crippen LogP contribution is 2.39. The summed E-state index contributed by atoms with van der Waals surface area (Å²) in [7, 11) is 0. The highest BCUT2D eigenvalue weighted by Gasteiger charge is 2.26. The Morgan fingerprint density at radius 2 is 2.11 bits per heavy atom. The predicted molar refractivity (Wildman–Crippen MR) is 75.0 cm³/mol. The van der Waals surface area contributed by atoms with Crippen LogP contribution in [-0.2, 0) is 0 Å². The minimum atomic E-state index is -0.108. The number of hydrogen-bond acceptors (Lipinski definition) is 2. The Labute approximate surface area is 117 Å². The van der Waals surface area contributed by atoms with Crippen molar-refractivity contribution in [1.29, 1.82) is 0 Å². The second-order valence-corrected chi connectivity index (χ2v) is 5.71. The Bertz CT molecular complexity index is 664. The molecule has 1 N–H and O–H groups in total. The van der Waals surface area contributed by atoms with Crippen molar-refractivity contribution in [2.24, 2.45) is 0 Å². The maximum atomic E-state index is 11.7. The molecule has 1 saturated carbocycles. The zero-order chi connectivity index (χ0) is 12.7. The van der Waals surface area contributed by atoms with E-state index >= 15 is 0 Å². The molecule has 18 heavy (non-hydrogen) atoms. The van der Waals surface area contributed by atoms with Crippen LogP contribution in [0.25, 0.3) is 11.4 Å². The van der Waals surface area contributed by atoms with E-state index < -0.39 is 0 Å². The van der Waals surface area contributed by atoms with Gasteiger partial charge in [0.2, 0.25) is 0 Å². The molecule has 1 fully saturated rings. The summed E-state index contributed by atoms with van der Waals surface area (Å²) in [6.45, 7) is 0. The topological polar surface area (TPSA) is 45.8 Å². The molecule has 0 atom stereocenters. The third-order valence-electron chi connectivity index (χ3n) is 2.94. The smallest absolute Gasteiger partial charge is 0.251 e. The predicted octanol–water partition coefficient (Wildman–Crippen LogP) is 3.73. The Hall–Kier alpha value is -1.13. The van der Waals surface area contributed by atoms with Gasteiger partial charge in [-0.1, -0.05) is 11.6 Å². The SMILES string of the molecule is O=c1cc(C2CC2)nc(-c2ccc(Cl)cc2Br)[nH]1. The molecule has 0 radical (unpaired) electrons. The number of aromatic nitrogens is 2. The minimum absolute atomic E-state index is 0.108. The molecular formula is C13H10BrClN2O. The van der Waals surface area contributed by atoms with E-state index in [0.29, 0.717) is 16.8 Å². The molecule has 0 bridgehead atoms. The minimum Gasteiger partial charge on any atom is -0.306 e. The zero-order valence-electron chi connectivity index (χ0n) is 9.41. The Morgan fingerprint density at radius 1 is 1.33 bits per heavy atom. The fourth-order valence-electron chi connectivity index (χ4n) is 1.87. The first-order valence-corrected chi connectivity index (χ1v) is 6.87. The van der Waals surface area contributed by atoms with E-state index in [1.54, 1.807) is 18.2 Å². The van der Waals surface area contributed by atoms with Crippen LogP contribution in [0.1, 0.15) is 24.5 Å². The zero-order valence-corrected chi connectivity index (χ0v) is 11.8. The van der Waals surface area contributed by atoms with Crippen LogP contribution in [0.4, 0.5) is 0 Å². The van der Waals surface area contributed by atoms with E-state index in [0.717, 1.165) is 28.6 Å². The number of nitrogens with zero attached hydrogens (tertiary/aromatic N) is 1. The molecule has 0 spiro atoms. The first kappa shape index (κ1) is 11.9. The highest BCUT2D eigenvalue weighted by atomic mass is 79.9. The van der Waals surface area contributed by atoms with Crippen molar-refractivity contribution in [1.82, 2.24) is 9.97 Å². The number of benzene rings is 1. The van der Waals surface area contributed by atoms with Gasteiger partial charge in [0.15, 0.2) is 0 Å². The summed E-state index contributed by atoms with van der Waals surface area (Å²) in [6.07, 6.45) is 2.25. The number of aromatic amines is 1. The van der Waals surface area contributed by atoms with Gasteiger partial charge in [0, 0.05) is 27.0 Å². The van der Waals surface area contributed by atoms with Crippen LogP contribution in [-0.4, -0.2) is 9.97 Å². The van der Waals surface area contributed by atoms with Crippen molar-refractivity contribution in [2.45, 2.75) is 18.8 Å². The molecule has 1 heterocycles. The first-order chi connectivity index (χ1) is 8.63. The second kappa shape index (κ2) is 4.52. The van der Waals surface area contributed by atoms with Crippen LogP contribution < -0.4 is 5.56 Å². The third-order valence-corrected chi connectivity index (χ3v) is 3.83. The average Bonchev–Trinajstić information content (AvgIpc) is 3.11. The monoisotopic (exact) mass is 324 g/mol. The van der Waals surface area contributed by atoms with Gasteiger partial charge in [0.05, 0.1) is 5.69 Å². The van der Waals surface area contributed by atoms with Gasteiger partial charge in [0.25, 0.3) is 5.56 Å². The molecule has 5 heteroatoms. The van der Waals surface area contributed by atoms with Crippen molar-refractivity contribution < 1.29 is 0 Å². The van der Waals surface area contributed by atoms with E-state index in [2.05, 4.69) is 25.9 Å². The van der Waals surface area contributed by atoms with Gasteiger partial charge in [-0.25, -0.2) is 4.98 Å². The number of H-pyrrole nitrogens is 1. The lowest BCUT2D eigenvalue weighted by Gasteiger charge is -2.06. The van der Waals surface area contributed by atoms with E-state index in [1.165, 1.54) is 0 Å². The van der Waals surface area contributed by atoms with Gasteiger partial charge in [-0.3, -0.25) is 4.79 Å². The molecule has 0 saturated heterocycles. The third kappa shape index (κ3) is 2.35. The highest BCUT2D eigenvalue weighted by molar-refractivity contribution is 9.10. The normalized spacial score (nSPS) is 14.8. The van der Waals surface area contributed by atoms with Crippen molar-refractivity contribution >= 4 is 27.5 Å². The molecule has 3 rings (SSSR count). The van der Waals surface area contributed by atoms with E-state index in [9.17, 15) is 4.79 Å². The van der Waals surface area contributed by atoms with Gasteiger partial charge in [-0.2, -0.15) is 0 Å². The summed E-state index contributed by atoms with van der Waals surface area (Å²) in [5.41, 5.74) is 1.62. The molecule has 92 valence electrons. The first-order valence-electron chi connectivity index (χ1n) is 5.70. The number of halogens is 2. The summed E-state index contributed by atoms with van der Waals surface area (Å²) in [5, 5.41) is 0.645. The Balaban J connectivity index is 2.13. The largest absolute Gasteiger partial charge is 0.306 e. The lowest BCUT2D eigenvalue weighted by molar-refractivity contribution is 0.976. The maximum absolute atomic E-state index is 11.7. The van der Waals surface area contributed by atoms with E-state index in [4.69, 9.17) is 11.6 Å². The average molecular weight is 326 g/mol. The summed E-state index contributed by atoms with van der Waals surface area (Å²) in [4.78, 5) is 19.0.